The lowest BCUT2D eigenvalue weighted by Crippen LogP contribution is -2.69. The molecule has 0 aliphatic carbocycles. The number of piperazine rings is 2. The molecule has 0 bridgehead atoms. The highest BCUT2D eigenvalue weighted by Crippen LogP contribution is 2.19. The molecule has 1 aromatic carbocycles. The lowest BCUT2D eigenvalue weighted by molar-refractivity contribution is -0.154. The molecule has 1 aromatic rings. The van der Waals surface area contributed by atoms with Crippen LogP contribution in [-0.4, -0.2) is 65.0 Å². The van der Waals surface area contributed by atoms with Crippen molar-refractivity contribution in [3.63, 3.8) is 0 Å². The summed E-state index contributed by atoms with van der Waals surface area (Å²) in [4.78, 5) is 28.3. The van der Waals surface area contributed by atoms with Gasteiger partial charge in [-0.2, -0.15) is 0 Å². The van der Waals surface area contributed by atoms with Gasteiger partial charge in [0, 0.05) is 26.2 Å². The van der Waals surface area contributed by atoms with E-state index in [0.29, 0.717) is 13.1 Å². The highest BCUT2D eigenvalue weighted by Gasteiger charge is 2.43. The van der Waals surface area contributed by atoms with Crippen LogP contribution >= 0.6 is 0 Å². The van der Waals surface area contributed by atoms with Gasteiger partial charge in [-0.05, 0) is 25.0 Å². The van der Waals surface area contributed by atoms with Crippen molar-refractivity contribution in [2.24, 2.45) is 0 Å². The highest BCUT2D eigenvalue weighted by molar-refractivity contribution is 5.97. The first-order valence-corrected chi connectivity index (χ1v) is 8.00. The molecule has 2 amide bonds. The van der Waals surface area contributed by atoms with Crippen LogP contribution in [0.25, 0.3) is 0 Å². The predicted octanol–water partition coefficient (Wildman–Crippen LogP) is -0.193. The second kappa shape index (κ2) is 6.29. The Labute approximate surface area is 136 Å². The number of amides is 2. The lowest BCUT2D eigenvalue weighted by Gasteiger charge is -2.45. The minimum Gasteiger partial charge on any atom is -0.394 e. The van der Waals surface area contributed by atoms with Gasteiger partial charge >= 0.3 is 0 Å². The maximum absolute atomic E-state index is 12.2. The van der Waals surface area contributed by atoms with Crippen molar-refractivity contribution in [2.45, 2.75) is 32.5 Å². The average Bonchev–Trinajstić information content (AvgIpc) is 2.54. The maximum atomic E-state index is 12.2. The number of hydrogen-bond acceptors (Lipinski definition) is 4. The van der Waals surface area contributed by atoms with E-state index >= 15 is 0 Å². The summed E-state index contributed by atoms with van der Waals surface area (Å²) in [7, 11) is 0. The summed E-state index contributed by atoms with van der Waals surface area (Å²) in [5.41, 5.74) is 3.72. The number of nitrogens with zero attached hydrogens (tertiary/aromatic N) is 2. The van der Waals surface area contributed by atoms with Crippen molar-refractivity contribution >= 4 is 11.8 Å². The standard InChI is InChI=1S/C17H23N3O3/c1-11-3-4-12(2)13(7-11)8-19-5-6-20-15(9-19)16(22)18-14(10-21)17(20)23/h3-4,7,14-15,21H,5-6,8-10H2,1-2H3,(H,18,22)/t14-,15+/m0/s1. The molecule has 0 spiro atoms. The van der Waals surface area contributed by atoms with Gasteiger partial charge in [0.25, 0.3) is 0 Å². The molecule has 2 aliphatic heterocycles. The number of rotatable bonds is 3. The van der Waals surface area contributed by atoms with Crippen molar-refractivity contribution in [2.75, 3.05) is 26.2 Å². The number of fused-ring (bicyclic) bond motifs is 1. The van der Waals surface area contributed by atoms with E-state index in [4.69, 9.17) is 0 Å². The van der Waals surface area contributed by atoms with E-state index in [-0.39, 0.29) is 18.4 Å². The van der Waals surface area contributed by atoms with E-state index in [1.807, 2.05) is 0 Å². The highest BCUT2D eigenvalue weighted by atomic mass is 16.3. The smallest absolute Gasteiger partial charge is 0.248 e. The van der Waals surface area contributed by atoms with Crippen LogP contribution in [0.3, 0.4) is 0 Å². The van der Waals surface area contributed by atoms with Gasteiger partial charge in [-0.15, -0.1) is 0 Å². The van der Waals surface area contributed by atoms with E-state index in [2.05, 4.69) is 42.3 Å². The first kappa shape index (κ1) is 16.0. The molecule has 0 aromatic heterocycles. The Morgan fingerprint density at radius 3 is 2.78 bits per heavy atom. The Morgan fingerprint density at radius 2 is 2.04 bits per heavy atom. The maximum Gasteiger partial charge on any atom is 0.248 e. The molecule has 0 radical (unpaired) electrons. The van der Waals surface area contributed by atoms with Crippen LogP contribution in [0, 0.1) is 13.8 Å². The zero-order chi connectivity index (χ0) is 16.6. The van der Waals surface area contributed by atoms with Crippen molar-refractivity contribution < 1.29 is 14.7 Å². The topological polar surface area (TPSA) is 72.9 Å². The Kier molecular flexibility index (Phi) is 4.37. The molecule has 2 atom stereocenters. The monoisotopic (exact) mass is 317 g/mol. The lowest BCUT2D eigenvalue weighted by atomic mass is 10.0. The first-order valence-electron chi connectivity index (χ1n) is 8.00. The molecule has 6 nitrogen and oxygen atoms in total. The van der Waals surface area contributed by atoms with Crippen LogP contribution < -0.4 is 5.32 Å². The van der Waals surface area contributed by atoms with Gasteiger partial charge in [0.2, 0.25) is 11.8 Å². The summed E-state index contributed by atoms with van der Waals surface area (Å²) in [5.74, 6) is -0.349. The molecule has 124 valence electrons. The summed E-state index contributed by atoms with van der Waals surface area (Å²) < 4.78 is 0. The van der Waals surface area contributed by atoms with Crippen molar-refractivity contribution in [3.8, 4) is 0 Å². The molecule has 0 unspecified atom stereocenters. The van der Waals surface area contributed by atoms with Crippen LogP contribution in [0.2, 0.25) is 0 Å². The summed E-state index contributed by atoms with van der Waals surface area (Å²) in [5, 5.41) is 11.8. The Balaban J connectivity index is 1.71. The van der Waals surface area contributed by atoms with Gasteiger partial charge in [0.05, 0.1) is 6.61 Å². The van der Waals surface area contributed by atoms with Gasteiger partial charge < -0.3 is 15.3 Å². The zero-order valence-electron chi connectivity index (χ0n) is 13.6. The first-order chi connectivity index (χ1) is 11.0. The fourth-order valence-electron chi connectivity index (χ4n) is 3.34. The minimum atomic E-state index is -0.788. The second-order valence-electron chi connectivity index (χ2n) is 6.46. The van der Waals surface area contributed by atoms with Crippen molar-refractivity contribution in [1.29, 1.82) is 0 Å². The molecule has 0 saturated carbocycles. The molecule has 2 aliphatic rings. The molecule has 2 fully saturated rings. The molecule has 2 saturated heterocycles. The third kappa shape index (κ3) is 3.09. The largest absolute Gasteiger partial charge is 0.394 e. The average molecular weight is 317 g/mol. The normalized spacial score (nSPS) is 25.3. The fourth-order valence-corrected chi connectivity index (χ4v) is 3.34. The van der Waals surface area contributed by atoms with Crippen LogP contribution in [0.1, 0.15) is 16.7 Å². The molecular weight excluding hydrogens is 294 g/mol. The van der Waals surface area contributed by atoms with E-state index in [1.165, 1.54) is 16.7 Å². The minimum absolute atomic E-state index is 0.172. The van der Waals surface area contributed by atoms with E-state index in [1.54, 1.807) is 4.90 Å². The van der Waals surface area contributed by atoms with Gasteiger partial charge in [-0.25, -0.2) is 0 Å². The molecule has 6 heteroatoms. The van der Waals surface area contributed by atoms with E-state index in [0.717, 1.165) is 13.1 Å². The molecule has 2 heterocycles. The van der Waals surface area contributed by atoms with Crippen molar-refractivity contribution in [3.05, 3.63) is 34.9 Å². The molecule has 23 heavy (non-hydrogen) atoms. The SMILES string of the molecule is Cc1ccc(C)c(CN2CCN3C(=O)[C@H](CO)NC(=O)[C@H]3C2)c1. The summed E-state index contributed by atoms with van der Waals surface area (Å²) in [6, 6.07) is 5.15. The van der Waals surface area contributed by atoms with Gasteiger partial charge in [0.1, 0.15) is 12.1 Å². The van der Waals surface area contributed by atoms with Crippen molar-refractivity contribution in [1.82, 2.24) is 15.1 Å². The number of hydrogen-bond donors (Lipinski definition) is 2. The number of benzene rings is 1. The molecule has 2 N–H and O–H groups in total. The number of nitrogens with one attached hydrogen (secondary N) is 1. The summed E-state index contributed by atoms with van der Waals surface area (Å²) >= 11 is 0. The van der Waals surface area contributed by atoms with Crippen LogP contribution in [0.4, 0.5) is 0 Å². The van der Waals surface area contributed by atoms with Crippen LogP contribution in [0.5, 0.6) is 0 Å². The third-order valence-electron chi connectivity index (χ3n) is 4.75. The Bertz CT molecular complexity index is 632. The van der Waals surface area contributed by atoms with Gasteiger partial charge in [-0.1, -0.05) is 23.8 Å². The molecule has 3 rings (SSSR count). The Hall–Kier alpha value is -1.92. The quantitative estimate of drug-likeness (QED) is 0.810. The van der Waals surface area contributed by atoms with Gasteiger partial charge in [-0.3, -0.25) is 14.5 Å². The predicted molar refractivity (Wildman–Crippen MR) is 85.7 cm³/mol. The van der Waals surface area contributed by atoms with E-state index in [9.17, 15) is 14.7 Å². The third-order valence-corrected chi connectivity index (χ3v) is 4.75. The van der Waals surface area contributed by atoms with Crippen LogP contribution in [-0.2, 0) is 16.1 Å². The fraction of sp³-hybridized carbons (Fsp3) is 0.529. The number of aryl methyl sites for hydroxylation is 2. The summed E-state index contributed by atoms with van der Waals surface area (Å²) in [6.45, 7) is 6.39. The van der Waals surface area contributed by atoms with E-state index < -0.39 is 12.1 Å². The number of aliphatic hydroxyl groups is 1. The van der Waals surface area contributed by atoms with Gasteiger partial charge in [0.15, 0.2) is 0 Å². The number of carbonyl (C=O) groups excluding carboxylic acids is 2. The molecular formula is C17H23N3O3. The number of aliphatic hydroxyl groups excluding tert-OH is 1. The summed E-state index contributed by atoms with van der Waals surface area (Å²) in [6.07, 6.45) is 0. The number of carbonyl (C=O) groups is 2. The Morgan fingerprint density at radius 1 is 1.26 bits per heavy atom. The zero-order valence-corrected chi connectivity index (χ0v) is 13.6. The second-order valence-corrected chi connectivity index (χ2v) is 6.46. The van der Waals surface area contributed by atoms with Crippen LogP contribution in [0.15, 0.2) is 18.2 Å².